The van der Waals surface area contributed by atoms with Gasteiger partial charge in [0.25, 0.3) is 11.5 Å². The fourth-order valence-electron chi connectivity index (χ4n) is 2.44. The van der Waals surface area contributed by atoms with Gasteiger partial charge in [-0.2, -0.15) is 4.98 Å². The van der Waals surface area contributed by atoms with Crippen molar-refractivity contribution in [3.05, 3.63) is 75.2 Å². The number of nitrogens with zero attached hydrogens (tertiary/aromatic N) is 2. The van der Waals surface area contributed by atoms with Gasteiger partial charge in [0.15, 0.2) is 5.56 Å². The first kappa shape index (κ1) is 16.6. The van der Waals surface area contributed by atoms with Crippen molar-refractivity contribution < 1.29 is 18.7 Å². The van der Waals surface area contributed by atoms with Crippen LogP contribution in [0.25, 0.3) is 5.65 Å². The Morgan fingerprint density at radius 1 is 1.24 bits per heavy atom. The molecule has 0 aliphatic heterocycles. The molecule has 0 aliphatic carbocycles. The molecule has 128 valence electrons. The highest BCUT2D eigenvalue weighted by Gasteiger charge is 2.21. The summed E-state index contributed by atoms with van der Waals surface area (Å²) in [5.74, 6) is -3.37. The van der Waals surface area contributed by atoms with Gasteiger partial charge in [-0.25, -0.2) is 8.78 Å². The Morgan fingerprint density at radius 3 is 2.60 bits per heavy atom. The normalized spacial score (nSPS) is 10.8. The van der Waals surface area contributed by atoms with Crippen molar-refractivity contribution in [1.29, 1.82) is 0 Å². The molecule has 0 fully saturated rings. The molecule has 3 rings (SSSR count). The summed E-state index contributed by atoms with van der Waals surface area (Å²) in [5, 5.41) is 12.2. The predicted octanol–water partition coefficient (Wildman–Crippen LogP) is 1.92. The van der Waals surface area contributed by atoms with Gasteiger partial charge in [-0.05, 0) is 30.7 Å². The minimum atomic E-state index is -0.978. The van der Waals surface area contributed by atoms with E-state index in [1.54, 1.807) is 19.1 Å². The van der Waals surface area contributed by atoms with Crippen LogP contribution in [0.4, 0.5) is 8.78 Å². The van der Waals surface area contributed by atoms with E-state index in [4.69, 9.17) is 0 Å². The van der Waals surface area contributed by atoms with Crippen LogP contribution in [-0.2, 0) is 6.54 Å². The number of hydrogen-bond donors (Lipinski definition) is 2. The van der Waals surface area contributed by atoms with Crippen LogP contribution in [0.3, 0.4) is 0 Å². The SMILES string of the molecule is Cc1cccn2c(=O)c(C(=O)NCc3c(F)cccc3F)c(O)nc12. The van der Waals surface area contributed by atoms with Gasteiger partial charge in [0.05, 0.1) is 0 Å². The van der Waals surface area contributed by atoms with Crippen LogP contribution < -0.4 is 10.9 Å². The number of halogens is 2. The second-order valence-corrected chi connectivity index (χ2v) is 5.38. The van der Waals surface area contributed by atoms with Crippen molar-refractivity contribution in [3.8, 4) is 5.88 Å². The van der Waals surface area contributed by atoms with E-state index in [-0.39, 0.29) is 11.2 Å². The minimum absolute atomic E-state index is 0.210. The molecule has 0 atom stereocenters. The monoisotopic (exact) mass is 345 g/mol. The largest absolute Gasteiger partial charge is 0.493 e. The Morgan fingerprint density at radius 2 is 1.92 bits per heavy atom. The molecule has 0 spiro atoms. The van der Waals surface area contributed by atoms with E-state index in [1.165, 1.54) is 12.3 Å². The summed E-state index contributed by atoms with van der Waals surface area (Å²) in [6.45, 7) is 1.22. The highest BCUT2D eigenvalue weighted by Crippen LogP contribution is 2.15. The molecule has 0 bridgehead atoms. The van der Waals surface area contributed by atoms with Crippen LogP contribution in [0.2, 0.25) is 0 Å². The Labute approximate surface area is 140 Å². The molecule has 3 aromatic rings. The second kappa shape index (κ2) is 6.31. The van der Waals surface area contributed by atoms with E-state index >= 15 is 0 Å². The fraction of sp³-hybridized carbons (Fsp3) is 0.118. The van der Waals surface area contributed by atoms with Crippen LogP contribution in [0.5, 0.6) is 5.88 Å². The Balaban J connectivity index is 1.97. The maximum Gasteiger partial charge on any atom is 0.274 e. The number of amides is 1. The number of rotatable bonds is 3. The zero-order valence-electron chi connectivity index (χ0n) is 13.1. The van der Waals surface area contributed by atoms with Crippen LogP contribution >= 0.6 is 0 Å². The number of pyridine rings is 1. The average molecular weight is 345 g/mol. The van der Waals surface area contributed by atoms with Gasteiger partial charge in [-0.1, -0.05) is 12.1 Å². The predicted molar refractivity (Wildman–Crippen MR) is 85.4 cm³/mol. The molecule has 0 saturated carbocycles. The topological polar surface area (TPSA) is 83.7 Å². The zero-order chi connectivity index (χ0) is 18.1. The van der Waals surface area contributed by atoms with Crippen LogP contribution in [0.1, 0.15) is 21.5 Å². The number of fused-ring (bicyclic) bond motifs is 1. The van der Waals surface area contributed by atoms with Gasteiger partial charge in [0, 0.05) is 18.3 Å². The maximum absolute atomic E-state index is 13.6. The molecule has 0 radical (unpaired) electrons. The number of carbonyl (C=O) groups is 1. The lowest BCUT2D eigenvalue weighted by atomic mass is 10.2. The summed E-state index contributed by atoms with van der Waals surface area (Å²) in [6, 6.07) is 6.60. The van der Waals surface area contributed by atoms with E-state index in [0.717, 1.165) is 16.5 Å². The molecule has 0 saturated heterocycles. The number of aromatic nitrogens is 2. The van der Waals surface area contributed by atoms with E-state index in [2.05, 4.69) is 10.3 Å². The van der Waals surface area contributed by atoms with E-state index in [1.807, 2.05) is 0 Å². The molecule has 2 heterocycles. The van der Waals surface area contributed by atoms with E-state index < -0.39 is 41.1 Å². The van der Waals surface area contributed by atoms with Crippen molar-refractivity contribution >= 4 is 11.6 Å². The molecule has 0 unspecified atom stereocenters. The lowest BCUT2D eigenvalue weighted by Gasteiger charge is -2.10. The quantitative estimate of drug-likeness (QED) is 0.760. The first-order chi connectivity index (χ1) is 11.9. The van der Waals surface area contributed by atoms with Gasteiger partial charge in [-0.3, -0.25) is 14.0 Å². The van der Waals surface area contributed by atoms with E-state index in [9.17, 15) is 23.5 Å². The molecule has 2 aromatic heterocycles. The molecule has 8 heteroatoms. The van der Waals surface area contributed by atoms with Gasteiger partial charge in [0.1, 0.15) is 17.3 Å². The van der Waals surface area contributed by atoms with Crippen LogP contribution in [-0.4, -0.2) is 20.4 Å². The molecule has 1 amide bonds. The number of aryl methyl sites for hydroxylation is 1. The summed E-state index contributed by atoms with van der Waals surface area (Å²) in [4.78, 5) is 28.5. The average Bonchev–Trinajstić information content (AvgIpc) is 2.55. The Kier molecular flexibility index (Phi) is 4.18. The van der Waals surface area contributed by atoms with E-state index in [0.29, 0.717) is 5.56 Å². The minimum Gasteiger partial charge on any atom is -0.493 e. The van der Waals surface area contributed by atoms with Crippen LogP contribution in [0, 0.1) is 18.6 Å². The molecule has 0 aliphatic rings. The van der Waals surface area contributed by atoms with Crippen LogP contribution in [0.15, 0.2) is 41.3 Å². The first-order valence-electron chi connectivity index (χ1n) is 7.32. The fourth-order valence-corrected chi connectivity index (χ4v) is 2.44. The summed E-state index contributed by atoms with van der Waals surface area (Å²) < 4.78 is 28.3. The summed E-state index contributed by atoms with van der Waals surface area (Å²) in [6.07, 6.45) is 1.41. The third-order valence-corrected chi connectivity index (χ3v) is 3.74. The number of nitrogens with one attached hydrogen (secondary N) is 1. The molecular formula is C17H13F2N3O3. The molecule has 1 aromatic carbocycles. The molecule has 6 nitrogen and oxygen atoms in total. The molecule has 2 N–H and O–H groups in total. The van der Waals surface area contributed by atoms with Crippen molar-refractivity contribution in [2.75, 3.05) is 0 Å². The Hall–Kier alpha value is -3.29. The van der Waals surface area contributed by atoms with Gasteiger partial charge >= 0.3 is 0 Å². The molecular weight excluding hydrogens is 332 g/mol. The first-order valence-corrected chi connectivity index (χ1v) is 7.32. The number of benzene rings is 1. The second-order valence-electron chi connectivity index (χ2n) is 5.38. The summed E-state index contributed by atoms with van der Waals surface area (Å²) in [5.41, 5.74) is -0.880. The zero-order valence-corrected chi connectivity index (χ0v) is 13.1. The van der Waals surface area contributed by atoms with Crippen molar-refractivity contribution in [1.82, 2.24) is 14.7 Å². The third kappa shape index (κ3) is 2.93. The van der Waals surface area contributed by atoms with Crippen molar-refractivity contribution in [2.45, 2.75) is 13.5 Å². The standard InChI is InChI=1S/C17H13F2N3O3/c1-9-4-3-7-22-14(9)21-16(24)13(17(22)25)15(23)20-8-10-11(18)5-2-6-12(10)19/h2-7,24H,8H2,1H3,(H,20,23). The highest BCUT2D eigenvalue weighted by atomic mass is 19.1. The summed E-state index contributed by atoms with van der Waals surface area (Å²) >= 11 is 0. The number of carbonyl (C=O) groups excluding carboxylic acids is 1. The lowest BCUT2D eigenvalue weighted by Crippen LogP contribution is -2.32. The van der Waals surface area contributed by atoms with Crippen molar-refractivity contribution in [2.24, 2.45) is 0 Å². The number of aromatic hydroxyl groups is 1. The van der Waals surface area contributed by atoms with Gasteiger partial charge in [-0.15, -0.1) is 0 Å². The smallest absolute Gasteiger partial charge is 0.274 e. The van der Waals surface area contributed by atoms with Gasteiger partial charge in [0.2, 0.25) is 5.88 Å². The summed E-state index contributed by atoms with van der Waals surface area (Å²) in [7, 11) is 0. The van der Waals surface area contributed by atoms with Crippen molar-refractivity contribution in [3.63, 3.8) is 0 Å². The third-order valence-electron chi connectivity index (χ3n) is 3.74. The Bertz CT molecular complexity index is 1030. The van der Waals surface area contributed by atoms with Gasteiger partial charge < -0.3 is 10.4 Å². The lowest BCUT2D eigenvalue weighted by molar-refractivity contribution is 0.0945. The highest BCUT2D eigenvalue weighted by molar-refractivity contribution is 5.96. The maximum atomic E-state index is 13.6. The molecule has 25 heavy (non-hydrogen) atoms. The number of hydrogen-bond acceptors (Lipinski definition) is 4.